The summed E-state index contributed by atoms with van der Waals surface area (Å²) in [5.41, 5.74) is -1.84. The van der Waals surface area contributed by atoms with Crippen molar-refractivity contribution in [2.75, 3.05) is 0 Å². The molecule has 4 nitrogen and oxygen atoms in total. The number of nitrogens with zero attached hydrogens (tertiary/aromatic N) is 1. The highest BCUT2D eigenvalue weighted by atomic mass is 16.3. The van der Waals surface area contributed by atoms with Gasteiger partial charge in [-0.05, 0) is 68.1 Å². The Hall–Kier alpha value is -0.920. The summed E-state index contributed by atoms with van der Waals surface area (Å²) in [5.74, 6) is 2.44. The van der Waals surface area contributed by atoms with Crippen molar-refractivity contribution in [3.63, 3.8) is 0 Å². The van der Waals surface area contributed by atoms with Crippen molar-refractivity contribution in [3.05, 3.63) is 0 Å². The maximum absolute atomic E-state index is 12.1. The first kappa shape index (κ1) is 17.2. The molecule has 0 aromatic rings. The van der Waals surface area contributed by atoms with Crippen LogP contribution in [0.15, 0.2) is 0 Å². The van der Waals surface area contributed by atoms with Crippen LogP contribution in [0.2, 0.25) is 0 Å². The average molecular weight is 357 g/mol. The van der Waals surface area contributed by atoms with E-state index in [1.165, 1.54) is 0 Å². The summed E-state index contributed by atoms with van der Waals surface area (Å²) in [4.78, 5) is 12.1. The third-order valence-electron chi connectivity index (χ3n) is 10.1. The molecule has 0 radical (unpaired) electrons. The Labute approximate surface area is 156 Å². The maximum Gasteiger partial charge on any atom is 0.135 e. The second kappa shape index (κ2) is 4.92. The lowest BCUT2D eigenvalue weighted by Gasteiger charge is -2.54. The Morgan fingerprint density at radius 1 is 1.15 bits per heavy atom. The van der Waals surface area contributed by atoms with Gasteiger partial charge in [-0.25, -0.2) is 0 Å². The standard InChI is InChI=1S/C22H31NO3/c1-19-7-4-13(24)11-21(19,25)12-15-16(19)5-8-20(2)18(15)14-10-17(14)22(20,26)6-3-9-23/h14-18,25-26H,3-8,10-12H2,1-2H3. The zero-order chi connectivity index (χ0) is 18.5. The normalized spacial score (nSPS) is 59.8. The highest BCUT2D eigenvalue weighted by Gasteiger charge is 2.78. The zero-order valence-corrected chi connectivity index (χ0v) is 16.0. The molecule has 4 heteroatoms. The number of rotatable bonds is 2. The van der Waals surface area contributed by atoms with Crippen molar-refractivity contribution in [1.29, 1.82) is 5.26 Å². The molecule has 0 aromatic carbocycles. The van der Waals surface area contributed by atoms with Gasteiger partial charge in [0.2, 0.25) is 0 Å². The van der Waals surface area contributed by atoms with Gasteiger partial charge in [0.25, 0.3) is 0 Å². The van der Waals surface area contributed by atoms with Crippen LogP contribution in [0.5, 0.6) is 0 Å². The van der Waals surface area contributed by atoms with Crippen LogP contribution in [0.4, 0.5) is 0 Å². The fourth-order valence-corrected chi connectivity index (χ4v) is 8.69. The van der Waals surface area contributed by atoms with E-state index in [1.54, 1.807) is 0 Å². The Bertz CT molecular complexity index is 715. The van der Waals surface area contributed by atoms with E-state index in [9.17, 15) is 15.0 Å². The first-order valence-corrected chi connectivity index (χ1v) is 10.5. The van der Waals surface area contributed by atoms with Crippen LogP contribution in [0, 0.1) is 51.8 Å². The smallest absolute Gasteiger partial charge is 0.135 e. The first-order valence-electron chi connectivity index (χ1n) is 10.5. The van der Waals surface area contributed by atoms with Crippen LogP contribution in [0.25, 0.3) is 0 Å². The first-order chi connectivity index (χ1) is 12.2. The molecule has 5 rings (SSSR count). The van der Waals surface area contributed by atoms with E-state index < -0.39 is 11.2 Å². The van der Waals surface area contributed by atoms with Crippen LogP contribution < -0.4 is 0 Å². The highest BCUT2D eigenvalue weighted by molar-refractivity contribution is 5.81. The molecule has 0 amide bonds. The molecule has 5 saturated carbocycles. The molecule has 9 unspecified atom stereocenters. The fraction of sp³-hybridized carbons (Fsp3) is 0.909. The van der Waals surface area contributed by atoms with Crippen LogP contribution >= 0.6 is 0 Å². The summed E-state index contributed by atoms with van der Waals surface area (Å²) in [6.45, 7) is 4.49. The van der Waals surface area contributed by atoms with Gasteiger partial charge < -0.3 is 10.2 Å². The second-order valence-corrected chi connectivity index (χ2v) is 10.7. The van der Waals surface area contributed by atoms with Gasteiger partial charge >= 0.3 is 0 Å². The van der Waals surface area contributed by atoms with Crippen LogP contribution in [-0.4, -0.2) is 27.2 Å². The molecule has 0 bridgehead atoms. The number of carbonyl (C=O) groups excluding carboxylic acids is 1. The number of aliphatic hydroxyl groups is 2. The summed E-state index contributed by atoms with van der Waals surface area (Å²) in [6, 6.07) is 2.24. The van der Waals surface area contributed by atoms with Crippen molar-refractivity contribution in [3.8, 4) is 6.07 Å². The number of hydrogen-bond acceptors (Lipinski definition) is 4. The third kappa shape index (κ3) is 1.75. The van der Waals surface area contributed by atoms with Gasteiger partial charge in [-0.15, -0.1) is 0 Å². The molecular formula is C22H31NO3. The Kier molecular flexibility index (Phi) is 3.25. The molecule has 142 valence electrons. The quantitative estimate of drug-likeness (QED) is 0.795. The van der Waals surface area contributed by atoms with Crippen molar-refractivity contribution >= 4 is 5.78 Å². The van der Waals surface area contributed by atoms with Gasteiger partial charge in [0.1, 0.15) is 5.78 Å². The number of carbonyl (C=O) groups is 1. The summed E-state index contributed by atoms with van der Waals surface area (Å²) in [6.07, 6.45) is 6.62. The van der Waals surface area contributed by atoms with Crippen molar-refractivity contribution in [2.45, 2.75) is 82.8 Å². The van der Waals surface area contributed by atoms with Crippen LogP contribution in [-0.2, 0) is 4.79 Å². The number of hydrogen-bond donors (Lipinski definition) is 2. The highest BCUT2D eigenvalue weighted by Crippen LogP contribution is 2.79. The van der Waals surface area contributed by atoms with Crippen molar-refractivity contribution < 1.29 is 15.0 Å². The van der Waals surface area contributed by atoms with Gasteiger partial charge in [-0.1, -0.05) is 13.8 Å². The second-order valence-electron chi connectivity index (χ2n) is 10.7. The molecule has 5 aliphatic rings. The SMILES string of the molecule is CC12CCC(=O)CC1(O)CC1C2CCC2(C)C1C1CC1C2(O)CCC#N. The predicted molar refractivity (Wildman–Crippen MR) is 95.7 cm³/mol. The lowest BCUT2D eigenvalue weighted by Crippen LogP contribution is -2.54. The van der Waals surface area contributed by atoms with Crippen LogP contribution in [0.1, 0.15) is 71.6 Å². The third-order valence-corrected chi connectivity index (χ3v) is 10.1. The van der Waals surface area contributed by atoms with Crippen molar-refractivity contribution in [2.24, 2.45) is 40.4 Å². The zero-order valence-electron chi connectivity index (χ0n) is 16.0. The minimum Gasteiger partial charge on any atom is -0.389 e. The molecular weight excluding hydrogens is 326 g/mol. The fourth-order valence-electron chi connectivity index (χ4n) is 8.69. The monoisotopic (exact) mass is 357 g/mol. The van der Waals surface area contributed by atoms with E-state index in [-0.39, 0.29) is 16.6 Å². The minimum atomic E-state index is -0.847. The number of ketones is 1. The van der Waals surface area contributed by atoms with E-state index in [0.717, 1.165) is 32.1 Å². The lowest BCUT2D eigenvalue weighted by molar-refractivity contribution is -0.149. The van der Waals surface area contributed by atoms with E-state index in [1.807, 2.05) is 0 Å². The molecule has 26 heavy (non-hydrogen) atoms. The molecule has 2 N–H and O–H groups in total. The number of nitriles is 1. The average Bonchev–Trinajstić information content (AvgIpc) is 3.28. The van der Waals surface area contributed by atoms with Gasteiger partial charge in [0, 0.05) is 30.1 Å². The Balaban J connectivity index is 1.52. The Morgan fingerprint density at radius 2 is 1.92 bits per heavy atom. The van der Waals surface area contributed by atoms with E-state index >= 15 is 0 Å². The van der Waals surface area contributed by atoms with Gasteiger partial charge in [0.05, 0.1) is 17.3 Å². The predicted octanol–water partition coefficient (Wildman–Crippen LogP) is 3.21. The van der Waals surface area contributed by atoms with E-state index in [2.05, 4.69) is 19.9 Å². The summed E-state index contributed by atoms with van der Waals surface area (Å²) < 4.78 is 0. The molecule has 0 spiro atoms. The van der Waals surface area contributed by atoms with E-state index in [4.69, 9.17) is 5.26 Å². The molecule has 0 heterocycles. The number of Topliss-reactive ketones (excluding diaryl/α,β-unsaturated/α-hetero) is 1. The van der Waals surface area contributed by atoms with Gasteiger partial charge in [-0.3, -0.25) is 4.79 Å². The molecule has 0 aromatic heterocycles. The molecule has 9 atom stereocenters. The summed E-state index contributed by atoms with van der Waals surface area (Å²) in [5, 5.41) is 32.3. The van der Waals surface area contributed by atoms with Crippen molar-refractivity contribution in [1.82, 2.24) is 0 Å². The number of fused-ring (bicyclic) bond motifs is 7. The molecule has 0 aliphatic heterocycles. The van der Waals surface area contributed by atoms with Crippen LogP contribution in [0.3, 0.4) is 0 Å². The Morgan fingerprint density at radius 3 is 2.65 bits per heavy atom. The topological polar surface area (TPSA) is 81.3 Å². The molecule has 5 aliphatic carbocycles. The van der Waals surface area contributed by atoms with Gasteiger partial charge in [0.15, 0.2) is 0 Å². The minimum absolute atomic E-state index is 0.136. The summed E-state index contributed by atoms with van der Waals surface area (Å²) >= 11 is 0. The van der Waals surface area contributed by atoms with Gasteiger partial charge in [-0.2, -0.15) is 5.26 Å². The molecule has 5 fully saturated rings. The largest absolute Gasteiger partial charge is 0.389 e. The van der Waals surface area contributed by atoms with E-state index in [0.29, 0.717) is 55.3 Å². The summed E-state index contributed by atoms with van der Waals surface area (Å²) in [7, 11) is 0. The molecule has 0 saturated heterocycles. The lowest BCUT2D eigenvalue weighted by atomic mass is 9.51. The maximum atomic E-state index is 12.1.